The Morgan fingerprint density at radius 1 is 1.04 bits per heavy atom. The third-order valence-electron chi connectivity index (χ3n) is 5.91. The molecule has 0 radical (unpaired) electrons. The summed E-state index contributed by atoms with van der Waals surface area (Å²) in [5, 5.41) is 10.9. The first kappa shape index (κ1) is 18.6. The van der Waals surface area contributed by atoms with Crippen molar-refractivity contribution in [1.29, 1.82) is 0 Å². The number of nitrogens with zero attached hydrogens (tertiary/aromatic N) is 3. The Labute approximate surface area is 164 Å². The third-order valence-corrected chi connectivity index (χ3v) is 5.91. The van der Waals surface area contributed by atoms with Gasteiger partial charge in [0.2, 0.25) is 5.91 Å². The number of amides is 1. The maximum Gasteiger partial charge on any atom is 0.269 e. The Morgan fingerprint density at radius 3 is 2.54 bits per heavy atom. The van der Waals surface area contributed by atoms with Gasteiger partial charge in [-0.3, -0.25) is 19.8 Å². The first-order chi connectivity index (χ1) is 13.6. The predicted octanol–water partition coefficient (Wildman–Crippen LogP) is 3.39. The van der Waals surface area contributed by atoms with Crippen molar-refractivity contribution in [3.63, 3.8) is 0 Å². The van der Waals surface area contributed by atoms with Gasteiger partial charge in [0, 0.05) is 37.7 Å². The number of nitro groups is 1. The van der Waals surface area contributed by atoms with Crippen molar-refractivity contribution in [1.82, 2.24) is 9.80 Å². The molecular weight excluding hydrogens is 354 g/mol. The molecule has 6 nitrogen and oxygen atoms in total. The molecule has 146 valence electrons. The summed E-state index contributed by atoms with van der Waals surface area (Å²) >= 11 is 0. The molecule has 0 atom stereocenters. The van der Waals surface area contributed by atoms with Crippen LogP contribution in [0.5, 0.6) is 0 Å². The molecule has 0 aliphatic carbocycles. The molecule has 0 N–H and O–H groups in total. The summed E-state index contributed by atoms with van der Waals surface area (Å²) in [6, 6.07) is 15.2. The number of fused-ring (bicyclic) bond motifs is 1. The summed E-state index contributed by atoms with van der Waals surface area (Å²) in [5.74, 6) is 0.371. The van der Waals surface area contributed by atoms with Gasteiger partial charge in [0.15, 0.2) is 0 Å². The van der Waals surface area contributed by atoms with Crippen LogP contribution in [0.4, 0.5) is 5.69 Å². The van der Waals surface area contributed by atoms with E-state index in [4.69, 9.17) is 0 Å². The fraction of sp³-hybridized carbons (Fsp3) is 0.409. The smallest absolute Gasteiger partial charge is 0.269 e. The Kier molecular flexibility index (Phi) is 5.39. The van der Waals surface area contributed by atoms with Crippen LogP contribution >= 0.6 is 0 Å². The predicted molar refractivity (Wildman–Crippen MR) is 107 cm³/mol. The molecule has 0 bridgehead atoms. The maximum atomic E-state index is 13.0. The second-order valence-corrected chi connectivity index (χ2v) is 7.76. The van der Waals surface area contributed by atoms with E-state index >= 15 is 0 Å². The molecule has 1 saturated heterocycles. The second kappa shape index (κ2) is 8.10. The van der Waals surface area contributed by atoms with Crippen LogP contribution < -0.4 is 0 Å². The number of carbonyl (C=O) groups is 1. The topological polar surface area (TPSA) is 66.7 Å². The highest BCUT2D eigenvalue weighted by Crippen LogP contribution is 2.25. The lowest BCUT2D eigenvalue weighted by Crippen LogP contribution is -2.44. The van der Waals surface area contributed by atoms with E-state index in [2.05, 4.69) is 23.1 Å². The number of nitro benzene ring substituents is 1. The van der Waals surface area contributed by atoms with Crippen molar-refractivity contribution in [2.24, 2.45) is 5.92 Å². The fourth-order valence-electron chi connectivity index (χ4n) is 4.31. The van der Waals surface area contributed by atoms with E-state index in [-0.39, 0.29) is 22.4 Å². The minimum Gasteiger partial charge on any atom is -0.338 e. The van der Waals surface area contributed by atoms with E-state index in [1.807, 2.05) is 17.0 Å². The van der Waals surface area contributed by atoms with Crippen LogP contribution in [-0.4, -0.2) is 40.3 Å². The highest BCUT2D eigenvalue weighted by Gasteiger charge is 2.30. The van der Waals surface area contributed by atoms with Gasteiger partial charge in [-0.1, -0.05) is 36.4 Å². The SMILES string of the molecule is O=C(C1CCN(Cc2cccc([N+](=O)[O-])c2)CC1)N1CCc2ccccc2C1. The van der Waals surface area contributed by atoms with Crippen LogP contribution in [0.15, 0.2) is 48.5 Å². The molecular formula is C22H25N3O3. The molecule has 0 unspecified atom stereocenters. The molecule has 2 aliphatic rings. The Balaban J connectivity index is 1.31. The minimum absolute atomic E-state index is 0.0895. The van der Waals surface area contributed by atoms with E-state index in [0.717, 1.165) is 51.0 Å². The zero-order valence-electron chi connectivity index (χ0n) is 15.9. The van der Waals surface area contributed by atoms with Gasteiger partial charge in [0.1, 0.15) is 0 Å². The van der Waals surface area contributed by atoms with Gasteiger partial charge < -0.3 is 4.90 Å². The molecule has 0 saturated carbocycles. The molecule has 2 aliphatic heterocycles. The van der Waals surface area contributed by atoms with Crippen molar-refractivity contribution < 1.29 is 9.72 Å². The molecule has 1 amide bonds. The summed E-state index contributed by atoms with van der Waals surface area (Å²) in [6.45, 7) is 3.93. The van der Waals surface area contributed by atoms with Gasteiger partial charge in [-0.15, -0.1) is 0 Å². The zero-order valence-corrected chi connectivity index (χ0v) is 15.9. The molecule has 0 aromatic heterocycles. The van der Waals surface area contributed by atoms with Gasteiger partial charge >= 0.3 is 0 Å². The minimum atomic E-state index is -0.356. The van der Waals surface area contributed by atoms with Crippen molar-refractivity contribution in [3.05, 3.63) is 75.3 Å². The van der Waals surface area contributed by atoms with Crippen LogP contribution in [0.3, 0.4) is 0 Å². The lowest BCUT2D eigenvalue weighted by atomic mass is 9.93. The molecule has 6 heteroatoms. The molecule has 2 aromatic carbocycles. The summed E-state index contributed by atoms with van der Waals surface area (Å²) in [4.78, 5) is 27.9. The van der Waals surface area contributed by atoms with Crippen LogP contribution in [0.2, 0.25) is 0 Å². The Bertz CT molecular complexity index is 875. The van der Waals surface area contributed by atoms with Gasteiger partial charge in [-0.2, -0.15) is 0 Å². The van der Waals surface area contributed by atoms with Crippen LogP contribution in [0.1, 0.15) is 29.5 Å². The normalized spacial score (nSPS) is 17.9. The zero-order chi connectivity index (χ0) is 19.5. The monoisotopic (exact) mass is 379 g/mol. The molecule has 4 rings (SSSR count). The van der Waals surface area contributed by atoms with Gasteiger partial charge in [-0.25, -0.2) is 0 Å². The molecule has 28 heavy (non-hydrogen) atoms. The lowest BCUT2D eigenvalue weighted by molar-refractivity contribution is -0.384. The van der Waals surface area contributed by atoms with E-state index in [0.29, 0.717) is 6.54 Å². The number of hydrogen-bond acceptors (Lipinski definition) is 4. The number of carbonyl (C=O) groups excluding carboxylic acids is 1. The number of piperidine rings is 1. The first-order valence-corrected chi connectivity index (χ1v) is 9.91. The lowest BCUT2D eigenvalue weighted by Gasteiger charge is -2.36. The van der Waals surface area contributed by atoms with Crippen LogP contribution in [0.25, 0.3) is 0 Å². The standard InChI is InChI=1S/C22H25N3O3/c26-22(24-13-10-18-5-1-2-6-20(18)16-24)19-8-11-23(12-9-19)15-17-4-3-7-21(14-17)25(27)28/h1-7,14,19H,8-13,15-16H2. The molecule has 1 fully saturated rings. The highest BCUT2D eigenvalue weighted by atomic mass is 16.6. The highest BCUT2D eigenvalue weighted by molar-refractivity contribution is 5.79. The summed E-state index contributed by atoms with van der Waals surface area (Å²) < 4.78 is 0. The first-order valence-electron chi connectivity index (χ1n) is 9.91. The second-order valence-electron chi connectivity index (χ2n) is 7.76. The van der Waals surface area contributed by atoms with Crippen LogP contribution in [0, 0.1) is 16.0 Å². The number of hydrogen-bond donors (Lipinski definition) is 0. The van der Waals surface area contributed by atoms with Crippen molar-refractivity contribution in [3.8, 4) is 0 Å². The van der Waals surface area contributed by atoms with Crippen molar-refractivity contribution in [2.45, 2.75) is 32.4 Å². The Hall–Kier alpha value is -2.73. The molecule has 0 spiro atoms. The van der Waals surface area contributed by atoms with E-state index in [1.165, 1.54) is 17.2 Å². The molecule has 2 heterocycles. The Morgan fingerprint density at radius 2 is 1.79 bits per heavy atom. The van der Waals surface area contributed by atoms with Gasteiger partial charge in [-0.05, 0) is 49.0 Å². The van der Waals surface area contributed by atoms with E-state index in [1.54, 1.807) is 12.1 Å². The average Bonchev–Trinajstić information content (AvgIpc) is 2.73. The van der Waals surface area contributed by atoms with E-state index < -0.39 is 0 Å². The number of likely N-dealkylation sites (tertiary alicyclic amines) is 1. The number of rotatable bonds is 4. The van der Waals surface area contributed by atoms with Gasteiger partial charge in [0.05, 0.1) is 4.92 Å². The molecule has 2 aromatic rings. The summed E-state index contributed by atoms with van der Waals surface area (Å²) in [5.41, 5.74) is 3.71. The van der Waals surface area contributed by atoms with Crippen LogP contribution in [-0.2, 0) is 24.3 Å². The fourth-order valence-corrected chi connectivity index (χ4v) is 4.31. The number of non-ortho nitro benzene ring substituents is 1. The van der Waals surface area contributed by atoms with E-state index in [9.17, 15) is 14.9 Å². The quantitative estimate of drug-likeness (QED) is 0.603. The van der Waals surface area contributed by atoms with Crippen molar-refractivity contribution in [2.75, 3.05) is 19.6 Å². The maximum absolute atomic E-state index is 13.0. The average molecular weight is 379 g/mol. The van der Waals surface area contributed by atoms with Crippen molar-refractivity contribution >= 4 is 11.6 Å². The summed E-state index contributed by atoms with van der Waals surface area (Å²) in [6.07, 6.45) is 2.64. The largest absolute Gasteiger partial charge is 0.338 e. The van der Waals surface area contributed by atoms with Gasteiger partial charge in [0.25, 0.3) is 5.69 Å². The summed E-state index contributed by atoms with van der Waals surface area (Å²) in [7, 11) is 0. The third kappa shape index (κ3) is 4.07. The number of benzene rings is 2.